The third kappa shape index (κ3) is 3.94. The van der Waals surface area contributed by atoms with E-state index in [9.17, 15) is 4.79 Å². The highest BCUT2D eigenvalue weighted by Crippen LogP contribution is 2.17. The minimum absolute atomic E-state index is 0.0404. The molecule has 1 saturated heterocycles. The van der Waals surface area contributed by atoms with Crippen molar-refractivity contribution in [3.8, 4) is 0 Å². The number of carbonyl (C=O) groups is 1. The first-order valence-corrected chi connectivity index (χ1v) is 7.88. The normalized spacial score (nSPS) is 18.7. The van der Waals surface area contributed by atoms with Gasteiger partial charge in [-0.05, 0) is 45.8 Å². The lowest BCUT2D eigenvalue weighted by Gasteiger charge is -2.23. The Kier molecular flexibility index (Phi) is 5.56. The molecule has 0 bridgehead atoms. The molecular formula is C16H26N4O. The second-order valence-corrected chi connectivity index (χ2v) is 5.54. The lowest BCUT2D eigenvalue weighted by atomic mass is 10.1. The van der Waals surface area contributed by atoms with Gasteiger partial charge in [-0.15, -0.1) is 0 Å². The summed E-state index contributed by atoms with van der Waals surface area (Å²) in [6, 6.07) is 2.40. The molecule has 0 aliphatic carbocycles. The number of nitrogens with one attached hydrogen (secondary N) is 2. The van der Waals surface area contributed by atoms with Gasteiger partial charge in [0.1, 0.15) is 0 Å². The molecule has 5 heteroatoms. The maximum atomic E-state index is 12.4. The number of aromatic nitrogens is 1. The summed E-state index contributed by atoms with van der Waals surface area (Å²) < 4.78 is 0. The zero-order chi connectivity index (χ0) is 15.2. The number of aryl methyl sites for hydroxylation is 1. The van der Waals surface area contributed by atoms with E-state index in [0.29, 0.717) is 18.2 Å². The summed E-state index contributed by atoms with van der Waals surface area (Å²) in [4.78, 5) is 19.1. The molecule has 0 saturated carbocycles. The Hall–Kier alpha value is -1.62. The van der Waals surface area contributed by atoms with Crippen molar-refractivity contribution in [3.63, 3.8) is 0 Å². The molecule has 1 aliphatic rings. The van der Waals surface area contributed by atoms with Crippen LogP contribution in [0, 0.1) is 6.92 Å². The fourth-order valence-corrected chi connectivity index (χ4v) is 2.93. The Bertz CT molecular complexity index is 489. The molecule has 21 heavy (non-hydrogen) atoms. The van der Waals surface area contributed by atoms with Crippen molar-refractivity contribution in [3.05, 3.63) is 23.5 Å². The monoisotopic (exact) mass is 290 g/mol. The Morgan fingerprint density at radius 1 is 1.48 bits per heavy atom. The minimum Gasteiger partial charge on any atom is -0.385 e. The summed E-state index contributed by atoms with van der Waals surface area (Å²) in [5, 5.41) is 6.30. The van der Waals surface area contributed by atoms with Crippen molar-refractivity contribution in [2.45, 2.75) is 39.7 Å². The number of pyridine rings is 1. The predicted molar refractivity (Wildman–Crippen MR) is 85.7 cm³/mol. The number of rotatable bonds is 6. The van der Waals surface area contributed by atoms with Crippen LogP contribution in [0.25, 0.3) is 0 Å². The van der Waals surface area contributed by atoms with E-state index in [2.05, 4.69) is 27.4 Å². The maximum absolute atomic E-state index is 12.4. The van der Waals surface area contributed by atoms with Gasteiger partial charge in [0.05, 0.1) is 11.3 Å². The first-order valence-electron chi connectivity index (χ1n) is 7.88. The van der Waals surface area contributed by atoms with Crippen LogP contribution >= 0.6 is 0 Å². The van der Waals surface area contributed by atoms with Gasteiger partial charge in [0, 0.05) is 31.0 Å². The zero-order valence-electron chi connectivity index (χ0n) is 13.3. The molecule has 2 rings (SSSR count). The number of nitrogens with zero attached hydrogens (tertiary/aromatic N) is 2. The van der Waals surface area contributed by atoms with Crippen LogP contribution < -0.4 is 10.6 Å². The topological polar surface area (TPSA) is 57.3 Å². The van der Waals surface area contributed by atoms with Crippen LogP contribution in [0.2, 0.25) is 0 Å². The molecule has 0 aromatic carbocycles. The van der Waals surface area contributed by atoms with Gasteiger partial charge in [-0.3, -0.25) is 14.7 Å². The first-order chi connectivity index (χ1) is 10.2. The maximum Gasteiger partial charge on any atom is 0.255 e. The van der Waals surface area contributed by atoms with E-state index in [0.717, 1.165) is 31.0 Å². The van der Waals surface area contributed by atoms with E-state index >= 15 is 0 Å². The van der Waals surface area contributed by atoms with Crippen LogP contribution in [0.5, 0.6) is 0 Å². The second kappa shape index (κ2) is 7.41. The van der Waals surface area contributed by atoms with Gasteiger partial charge in [-0.2, -0.15) is 0 Å². The molecule has 1 aliphatic heterocycles. The van der Waals surface area contributed by atoms with E-state index in [1.807, 2.05) is 19.9 Å². The van der Waals surface area contributed by atoms with Crippen molar-refractivity contribution in [2.24, 2.45) is 0 Å². The van der Waals surface area contributed by atoms with Crippen LogP contribution in [0.3, 0.4) is 0 Å². The SMILES string of the molecule is CCNc1cc(C)ncc1C(=O)NCC1CCCN1CC. The van der Waals surface area contributed by atoms with Gasteiger partial charge in [0.25, 0.3) is 5.91 Å². The molecule has 1 unspecified atom stereocenters. The number of likely N-dealkylation sites (tertiary alicyclic amines) is 1. The molecule has 5 nitrogen and oxygen atoms in total. The second-order valence-electron chi connectivity index (χ2n) is 5.54. The van der Waals surface area contributed by atoms with Crippen LogP contribution in [-0.2, 0) is 0 Å². The molecule has 2 heterocycles. The molecule has 2 N–H and O–H groups in total. The predicted octanol–water partition coefficient (Wildman–Crippen LogP) is 2.04. The summed E-state index contributed by atoms with van der Waals surface area (Å²) in [6.45, 7) is 9.83. The standard InChI is InChI=1S/C16H26N4O/c1-4-17-15-9-12(3)18-11-14(15)16(21)19-10-13-7-6-8-20(13)5-2/h9,11,13H,4-8,10H2,1-3H3,(H,17,18)(H,19,21). The van der Waals surface area contributed by atoms with Crippen LogP contribution in [-0.4, -0.2) is 48.0 Å². The highest BCUT2D eigenvalue weighted by molar-refractivity contribution is 5.99. The van der Waals surface area contributed by atoms with Crippen molar-refractivity contribution in [1.82, 2.24) is 15.2 Å². The molecule has 0 spiro atoms. The van der Waals surface area contributed by atoms with E-state index in [-0.39, 0.29) is 5.91 Å². The quantitative estimate of drug-likeness (QED) is 0.842. The largest absolute Gasteiger partial charge is 0.385 e. The Morgan fingerprint density at radius 3 is 3.00 bits per heavy atom. The third-order valence-corrected chi connectivity index (χ3v) is 4.06. The zero-order valence-corrected chi connectivity index (χ0v) is 13.3. The molecular weight excluding hydrogens is 264 g/mol. The summed E-state index contributed by atoms with van der Waals surface area (Å²) in [7, 11) is 0. The Labute approximate surface area is 127 Å². The average molecular weight is 290 g/mol. The molecule has 116 valence electrons. The fraction of sp³-hybridized carbons (Fsp3) is 0.625. The summed E-state index contributed by atoms with van der Waals surface area (Å²) in [5.74, 6) is -0.0404. The van der Waals surface area contributed by atoms with Crippen molar-refractivity contribution < 1.29 is 4.79 Å². The van der Waals surface area contributed by atoms with Crippen LogP contribution in [0.15, 0.2) is 12.3 Å². The Balaban J connectivity index is 2.00. The Morgan fingerprint density at radius 2 is 2.29 bits per heavy atom. The number of amides is 1. The van der Waals surface area contributed by atoms with E-state index < -0.39 is 0 Å². The first kappa shape index (κ1) is 15.8. The molecule has 0 radical (unpaired) electrons. The van der Waals surface area contributed by atoms with E-state index in [4.69, 9.17) is 0 Å². The van der Waals surface area contributed by atoms with Crippen LogP contribution in [0.1, 0.15) is 42.7 Å². The highest BCUT2D eigenvalue weighted by Gasteiger charge is 2.23. The summed E-state index contributed by atoms with van der Waals surface area (Å²) >= 11 is 0. The molecule has 1 amide bonds. The number of carbonyl (C=O) groups excluding carboxylic acids is 1. The third-order valence-electron chi connectivity index (χ3n) is 4.06. The smallest absolute Gasteiger partial charge is 0.255 e. The van der Waals surface area contributed by atoms with Crippen molar-refractivity contribution in [1.29, 1.82) is 0 Å². The molecule has 1 fully saturated rings. The van der Waals surface area contributed by atoms with Crippen molar-refractivity contribution in [2.75, 3.05) is 31.5 Å². The van der Waals surface area contributed by atoms with Gasteiger partial charge in [-0.25, -0.2) is 0 Å². The number of hydrogen-bond acceptors (Lipinski definition) is 4. The van der Waals surface area contributed by atoms with Crippen LogP contribution in [0.4, 0.5) is 5.69 Å². The lowest BCUT2D eigenvalue weighted by molar-refractivity contribution is 0.0942. The lowest BCUT2D eigenvalue weighted by Crippen LogP contribution is -2.40. The van der Waals surface area contributed by atoms with Gasteiger partial charge >= 0.3 is 0 Å². The molecule has 1 aromatic heterocycles. The van der Waals surface area contributed by atoms with Gasteiger partial charge in [0.2, 0.25) is 0 Å². The van der Waals surface area contributed by atoms with Gasteiger partial charge < -0.3 is 10.6 Å². The molecule has 1 atom stereocenters. The van der Waals surface area contributed by atoms with E-state index in [1.165, 1.54) is 12.8 Å². The summed E-state index contributed by atoms with van der Waals surface area (Å²) in [5.41, 5.74) is 2.40. The minimum atomic E-state index is -0.0404. The van der Waals surface area contributed by atoms with Crippen molar-refractivity contribution >= 4 is 11.6 Å². The number of anilines is 1. The fourth-order valence-electron chi connectivity index (χ4n) is 2.93. The highest BCUT2D eigenvalue weighted by atomic mass is 16.1. The number of hydrogen-bond donors (Lipinski definition) is 2. The molecule has 1 aromatic rings. The van der Waals surface area contributed by atoms with E-state index in [1.54, 1.807) is 6.20 Å². The summed E-state index contributed by atoms with van der Waals surface area (Å²) in [6.07, 6.45) is 4.05. The number of likely N-dealkylation sites (N-methyl/N-ethyl adjacent to an activating group) is 1. The van der Waals surface area contributed by atoms with Gasteiger partial charge in [0.15, 0.2) is 0 Å². The van der Waals surface area contributed by atoms with Gasteiger partial charge in [-0.1, -0.05) is 6.92 Å². The average Bonchev–Trinajstić information content (AvgIpc) is 2.93.